The van der Waals surface area contributed by atoms with Crippen LogP contribution in [-0.2, 0) is 21.3 Å². The molecule has 0 aromatic heterocycles. The number of para-hydroxylation sites is 1. The van der Waals surface area contributed by atoms with Crippen molar-refractivity contribution in [3.63, 3.8) is 0 Å². The first-order valence-electron chi connectivity index (χ1n) is 6.19. The molecule has 0 fully saturated rings. The lowest BCUT2D eigenvalue weighted by Crippen LogP contribution is -2.20. The molecular weight excluding hydrogens is 310 g/mol. The number of carbonyl (C=O) groups is 1. The lowest BCUT2D eigenvalue weighted by molar-refractivity contribution is -0.115. The summed E-state index contributed by atoms with van der Waals surface area (Å²) in [6, 6.07) is 14.3. The second-order valence-corrected chi connectivity index (χ2v) is 6.24. The SMILES string of the molecule is NC(=O)C[S@@](=O)Cc1ccc(Oc2ccccc2Cl)cc1. The van der Waals surface area contributed by atoms with Gasteiger partial charge in [-0.05, 0) is 29.8 Å². The average Bonchev–Trinajstić information content (AvgIpc) is 2.42. The van der Waals surface area contributed by atoms with Gasteiger partial charge in [-0.3, -0.25) is 9.00 Å². The summed E-state index contributed by atoms with van der Waals surface area (Å²) in [5, 5.41) is 0.532. The van der Waals surface area contributed by atoms with E-state index in [1.54, 1.807) is 36.4 Å². The van der Waals surface area contributed by atoms with Crippen LogP contribution in [0.2, 0.25) is 5.02 Å². The van der Waals surface area contributed by atoms with Gasteiger partial charge in [0.25, 0.3) is 0 Å². The Hall–Kier alpha value is -1.85. The van der Waals surface area contributed by atoms with Gasteiger partial charge in [0.15, 0.2) is 0 Å². The number of primary amides is 1. The van der Waals surface area contributed by atoms with Crippen molar-refractivity contribution in [1.29, 1.82) is 0 Å². The fourth-order valence-electron chi connectivity index (χ4n) is 1.70. The van der Waals surface area contributed by atoms with Crippen LogP contribution in [-0.4, -0.2) is 15.9 Å². The maximum Gasteiger partial charge on any atom is 0.230 e. The number of rotatable bonds is 6. The number of halogens is 1. The van der Waals surface area contributed by atoms with Gasteiger partial charge in [-0.2, -0.15) is 0 Å². The molecule has 2 aromatic carbocycles. The number of hydrogen-bond donors (Lipinski definition) is 1. The molecule has 0 heterocycles. The van der Waals surface area contributed by atoms with Crippen LogP contribution in [0.5, 0.6) is 11.5 Å². The third-order valence-corrected chi connectivity index (χ3v) is 4.19. The molecule has 1 atom stereocenters. The Morgan fingerprint density at radius 3 is 2.43 bits per heavy atom. The van der Waals surface area contributed by atoms with Gasteiger partial charge in [-0.15, -0.1) is 0 Å². The molecule has 6 heteroatoms. The first-order valence-corrected chi connectivity index (χ1v) is 8.06. The van der Waals surface area contributed by atoms with Gasteiger partial charge in [-0.25, -0.2) is 0 Å². The van der Waals surface area contributed by atoms with Crippen molar-refractivity contribution in [1.82, 2.24) is 0 Å². The summed E-state index contributed by atoms with van der Waals surface area (Å²) in [5.41, 5.74) is 5.85. The van der Waals surface area contributed by atoms with Gasteiger partial charge in [0, 0.05) is 16.6 Å². The normalized spacial score (nSPS) is 11.9. The monoisotopic (exact) mass is 323 g/mol. The zero-order valence-electron chi connectivity index (χ0n) is 11.1. The molecule has 0 bridgehead atoms. The predicted octanol–water partition coefficient (Wildman–Crippen LogP) is 2.87. The summed E-state index contributed by atoms with van der Waals surface area (Å²) >= 11 is 6.01. The van der Waals surface area contributed by atoms with Crippen LogP contribution in [0.3, 0.4) is 0 Å². The van der Waals surface area contributed by atoms with Crippen LogP contribution in [0.4, 0.5) is 0 Å². The summed E-state index contributed by atoms with van der Waals surface area (Å²) in [7, 11) is -1.29. The van der Waals surface area contributed by atoms with E-state index in [-0.39, 0.29) is 11.5 Å². The first kappa shape index (κ1) is 15.5. The molecule has 2 N–H and O–H groups in total. The summed E-state index contributed by atoms with van der Waals surface area (Å²) in [6.45, 7) is 0. The maximum absolute atomic E-state index is 11.6. The van der Waals surface area contributed by atoms with Gasteiger partial charge >= 0.3 is 0 Å². The topological polar surface area (TPSA) is 69.4 Å². The lowest BCUT2D eigenvalue weighted by atomic mass is 10.2. The van der Waals surface area contributed by atoms with Crippen molar-refractivity contribution >= 4 is 28.3 Å². The van der Waals surface area contributed by atoms with Crippen molar-refractivity contribution in [2.75, 3.05) is 5.75 Å². The van der Waals surface area contributed by atoms with Gasteiger partial charge in [-0.1, -0.05) is 35.9 Å². The summed E-state index contributed by atoms with van der Waals surface area (Å²) in [4.78, 5) is 10.7. The molecule has 0 radical (unpaired) electrons. The Labute approximate surface area is 130 Å². The summed E-state index contributed by atoms with van der Waals surface area (Å²) in [5.74, 6) is 0.802. The van der Waals surface area contributed by atoms with E-state index in [1.165, 1.54) is 0 Å². The van der Waals surface area contributed by atoms with Crippen molar-refractivity contribution in [2.45, 2.75) is 5.75 Å². The van der Waals surface area contributed by atoms with Gasteiger partial charge < -0.3 is 10.5 Å². The number of carbonyl (C=O) groups excluding carboxylic acids is 1. The van der Waals surface area contributed by atoms with Gasteiger partial charge in [0.2, 0.25) is 5.91 Å². The van der Waals surface area contributed by atoms with E-state index >= 15 is 0 Å². The molecule has 0 aliphatic carbocycles. The van der Waals surface area contributed by atoms with Crippen molar-refractivity contribution in [3.8, 4) is 11.5 Å². The Bertz CT molecular complexity index is 658. The molecule has 2 aromatic rings. The Balaban J connectivity index is 2.01. The Morgan fingerprint density at radius 1 is 1.14 bits per heavy atom. The second kappa shape index (κ2) is 7.24. The highest BCUT2D eigenvalue weighted by molar-refractivity contribution is 7.84. The first-order chi connectivity index (χ1) is 10.0. The fourth-order valence-corrected chi connectivity index (χ4v) is 2.86. The van der Waals surface area contributed by atoms with Gasteiger partial charge in [0.1, 0.15) is 17.3 Å². The van der Waals surface area contributed by atoms with Crippen molar-refractivity contribution < 1.29 is 13.7 Å². The number of nitrogens with two attached hydrogens (primary N) is 1. The molecule has 0 saturated carbocycles. The third-order valence-electron chi connectivity index (χ3n) is 2.62. The molecule has 0 saturated heterocycles. The molecule has 110 valence electrons. The molecule has 1 amide bonds. The molecule has 21 heavy (non-hydrogen) atoms. The second-order valence-electron chi connectivity index (χ2n) is 4.37. The smallest absolute Gasteiger partial charge is 0.230 e. The van der Waals surface area contributed by atoms with E-state index in [1.807, 2.05) is 12.1 Å². The highest BCUT2D eigenvalue weighted by atomic mass is 35.5. The van der Waals surface area contributed by atoms with E-state index in [4.69, 9.17) is 22.1 Å². The van der Waals surface area contributed by atoms with E-state index < -0.39 is 16.7 Å². The lowest BCUT2D eigenvalue weighted by Gasteiger charge is -2.08. The zero-order valence-corrected chi connectivity index (χ0v) is 12.7. The van der Waals surface area contributed by atoms with Crippen molar-refractivity contribution in [2.24, 2.45) is 5.73 Å². The van der Waals surface area contributed by atoms with Crippen LogP contribution >= 0.6 is 11.6 Å². The maximum atomic E-state index is 11.6. The van der Waals surface area contributed by atoms with Crippen LogP contribution in [0.15, 0.2) is 48.5 Å². The summed E-state index contributed by atoms with van der Waals surface area (Å²) < 4.78 is 17.3. The molecule has 0 unspecified atom stereocenters. The number of benzene rings is 2. The molecule has 2 rings (SSSR count). The minimum absolute atomic E-state index is 0.127. The van der Waals surface area contributed by atoms with E-state index in [0.717, 1.165) is 5.56 Å². The molecule has 4 nitrogen and oxygen atoms in total. The van der Waals surface area contributed by atoms with Crippen LogP contribution in [0.1, 0.15) is 5.56 Å². The van der Waals surface area contributed by atoms with Crippen LogP contribution in [0, 0.1) is 0 Å². The third kappa shape index (κ3) is 4.88. The Kier molecular flexibility index (Phi) is 5.36. The summed E-state index contributed by atoms with van der Waals surface area (Å²) in [6.07, 6.45) is 0. The quantitative estimate of drug-likeness (QED) is 0.888. The Morgan fingerprint density at radius 2 is 1.81 bits per heavy atom. The molecule has 0 aliphatic heterocycles. The minimum Gasteiger partial charge on any atom is -0.456 e. The largest absolute Gasteiger partial charge is 0.456 e. The standard InChI is InChI=1S/C15H14ClNO3S/c16-13-3-1-2-4-14(13)20-12-7-5-11(6-8-12)9-21(19)10-15(17)18/h1-8H,9-10H2,(H2,17,18)/t21-/m0/s1. The minimum atomic E-state index is -1.29. The number of amides is 1. The highest BCUT2D eigenvalue weighted by Gasteiger charge is 2.06. The van der Waals surface area contributed by atoms with Gasteiger partial charge in [0.05, 0.1) is 5.02 Å². The van der Waals surface area contributed by atoms with Crippen LogP contribution in [0.25, 0.3) is 0 Å². The van der Waals surface area contributed by atoms with Crippen molar-refractivity contribution in [3.05, 3.63) is 59.1 Å². The van der Waals surface area contributed by atoms with E-state index in [2.05, 4.69) is 0 Å². The highest BCUT2D eigenvalue weighted by Crippen LogP contribution is 2.28. The van der Waals surface area contributed by atoms with Crippen LogP contribution < -0.4 is 10.5 Å². The van der Waals surface area contributed by atoms with E-state index in [0.29, 0.717) is 16.5 Å². The number of ether oxygens (including phenoxy) is 1. The molecule has 0 spiro atoms. The molecular formula is C15H14ClNO3S. The zero-order chi connectivity index (χ0) is 15.2. The number of hydrogen-bond acceptors (Lipinski definition) is 3. The van der Waals surface area contributed by atoms with E-state index in [9.17, 15) is 9.00 Å². The fraction of sp³-hybridized carbons (Fsp3) is 0.133. The molecule has 0 aliphatic rings. The predicted molar refractivity (Wildman–Crippen MR) is 83.9 cm³/mol. The average molecular weight is 324 g/mol.